The van der Waals surface area contributed by atoms with Crippen molar-refractivity contribution in [3.63, 3.8) is 0 Å². The molecule has 0 radical (unpaired) electrons. The number of hydrogen-bond acceptors (Lipinski definition) is 5. The second kappa shape index (κ2) is 6.27. The lowest BCUT2D eigenvalue weighted by atomic mass is 9.78. The van der Waals surface area contributed by atoms with Gasteiger partial charge in [-0.3, -0.25) is 19.3 Å². The lowest BCUT2D eigenvalue weighted by Gasteiger charge is -2.36. The van der Waals surface area contributed by atoms with E-state index in [9.17, 15) is 14.4 Å². The van der Waals surface area contributed by atoms with Crippen molar-refractivity contribution in [2.75, 3.05) is 11.9 Å². The first-order valence-corrected chi connectivity index (χ1v) is 9.59. The van der Waals surface area contributed by atoms with Crippen LogP contribution in [0.3, 0.4) is 0 Å². The van der Waals surface area contributed by atoms with E-state index in [0.717, 1.165) is 30.6 Å². The number of amides is 2. The summed E-state index contributed by atoms with van der Waals surface area (Å²) in [6.45, 7) is 0.967. The van der Waals surface area contributed by atoms with Crippen LogP contribution in [0.15, 0.2) is 41.5 Å². The monoisotopic (exact) mass is 379 g/mol. The van der Waals surface area contributed by atoms with Crippen LogP contribution in [-0.2, 0) is 21.7 Å². The van der Waals surface area contributed by atoms with Gasteiger partial charge in [0, 0.05) is 23.4 Å². The zero-order valence-electron chi connectivity index (χ0n) is 15.3. The number of aromatic nitrogens is 2. The number of nitrogens with one attached hydrogen (secondary N) is 3. The third-order valence-electron chi connectivity index (χ3n) is 6.27. The van der Waals surface area contributed by atoms with Gasteiger partial charge in [0.1, 0.15) is 5.54 Å². The Labute approximate surface area is 161 Å². The molecule has 3 N–H and O–H groups in total. The highest BCUT2D eigenvalue weighted by atomic mass is 16.2. The number of nitrogens with zero attached hydrogens (tertiary/aromatic N) is 2. The van der Waals surface area contributed by atoms with E-state index >= 15 is 0 Å². The molecule has 28 heavy (non-hydrogen) atoms. The standard InChI is InChI=1S/C20H21N5O3/c26-17-8-12(22-11-23-17)10-21-18(27)15-9-13-4-3-7-25(13)20(15)14-5-1-2-6-16(14)24-19(20)28/h1-2,5-6,8,11,13,15H,3-4,7,9-10H2,(H,21,27)(H,24,28)(H,22,23,26)/t13-,15-,20+/m1/s1. The zero-order chi connectivity index (χ0) is 19.3. The van der Waals surface area contributed by atoms with Crippen molar-refractivity contribution in [3.8, 4) is 0 Å². The minimum absolute atomic E-state index is 0.118. The molecular formula is C20H21N5O3. The minimum Gasteiger partial charge on any atom is -0.350 e. The topological polar surface area (TPSA) is 107 Å². The molecule has 2 amide bonds. The van der Waals surface area contributed by atoms with Crippen LogP contribution in [0.25, 0.3) is 0 Å². The van der Waals surface area contributed by atoms with Crippen LogP contribution in [0.4, 0.5) is 5.69 Å². The summed E-state index contributed by atoms with van der Waals surface area (Å²) in [4.78, 5) is 46.7. The molecule has 144 valence electrons. The number of anilines is 1. The van der Waals surface area contributed by atoms with Gasteiger partial charge < -0.3 is 15.6 Å². The van der Waals surface area contributed by atoms with Gasteiger partial charge in [0.2, 0.25) is 11.8 Å². The van der Waals surface area contributed by atoms with E-state index < -0.39 is 11.5 Å². The molecular weight excluding hydrogens is 358 g/mol. The lowest BCUT2D eigenvalue weighted by molar-refractivity contribution is -0.137. The van der Waals surface area contributed by atoms with Crippen molar-refractivity contribution >= 4 is 17.5 Å². The first-order chi connectivity index (χ1) is 13.6. The van der Waals surface area contributed by atoms with Crippen LogP contribution in [-0.4, -0.2) is 39.3 Å². The average Bonchev–Trinajstić information content (AvgIpc) is 3.34. The van der Waals surface area contributed by atoms with Crippen molar-refractivity contribution in [1.29, 1.82) is 0 Å². The number of rotatable bonds is 3. The third kappa shape index (κ3) is 2.34. The number of para-hydroxylation sites is 1. The number of carbonyl (C=O) groups is 2. The summed E-state index contributed by atoms with van der Waals surface area (Å²) in [5, 5.41) is 5.89. The van der Waals surface area contributed by atoms with Gasteiger partial charge in [-0.25, -0.2) is 4.98 Å². The normalized spacial score (nSPS) is 28.2. The molecule has 0 saturated carbocycles. The van der Waals surface area contributed by atoms with Gasteiger partial charge in [0.05, 0.1) is 24.5 Å². The minimum atomic E-state index is -0.955. The Morgan fingerprint density at radius 2 is 2.18 bits per heavy atom. The highest BCUT2D eigenvalue weighted by molar-refractivity contribution is 6.09. The van der Waals surface area contributed by atoms with Crippen molar-refractivity contribution in [3.05, 3.63) is 58.3 Å². The van der Waals surface area contributed by atoms with Crippen LogP contribution in [0.1, 0.15) is 30.5 Å². The van der Waals surface area contributed by atoms with E-state index in [0.29, 0.717) is 12.1 Å². The van der Waals surface area contributed by atoms with E-state index in [1.165, 1.54) is 12.4 Å². The van der Waals surface area contributed by atoms with Crippen molar-refractivity contribution in [2.24, 2.45) is 5.92 Å². The summed E-state index contributed by atoms with van der Waals surface area (Å²) in [6.07, 6.45) is 4.00. The van der Waals surface area contributed by atoms with Crippen LogP contribution in [0, 0.1) is 5.92 Å². The molecule has 3 aliphatic heterocycles. The highest BCUT2D eigenvalue weighted by Crippen LogP contribution is 2.55. The second-order valence-electron chi connectivity index (χ2n) is 7.66. The zero-order valence-corrected chi connectivity index (χ0v) is 15.3. The fourth-order valence-electron chi connectivity index (χ4n) is 5.19. The Bertz CT molecular complexity index is 1020. The van der Waals surface area contributed by atoms with Gasteiger partial charge in [-0.1, -0.05) is 18.2 Å². The molecule has 2 aromatic rings. The van der Waals surface area contributed by atoms with Crippen molar-refractivity contribution < 1.29 is 9.59 Å². The molecule has 3 aliphatic rings. The molecule has 3 atom stereocenters. The largest absolute Gasteiger partial charge is 0.350 e. The lowest BCUT2D eigenvalue weighted by Crippen LogP contribution is -2.54. The van der Waals surface area contributed by atoms with Gasteiger partial charge in [-0.2, -0.15) is 0 Å². The number of fused-ring (bicyclic) bond motifs is 4. The Hall–Kier alpha value is -3.00. The summed E-state index contributed by atoms with van der Waals surface area (Å²) in [5.41, 5.74) is 0.943. The van der Waals surface area contributed by atoms with Gasteiger partial charge in [0.25, 0.3) is 5.56 Å². The van der Waals surface area contributed by atoms with E-state index in [-0.39, 0.29) is 30.0 Å². The molecule has 1 spiro atoms. The fraction of sp³-hybridized carbons (Fsp3) is 0.400. The van der Waals surface area contributed by atoms with Crippen molar-refractivity contribution in [1.82, 2.24) is 20.2 Å². The maximum absolute atomic E-state index is 13.2. The van der Waals surface area contributed by atoms with Crippen LogP contribution >= 0.6 is 0 Å². The van der Waals surface area contributed by atoms with Crippen LogP contribution in [0.5, 0.6) is 0 Å². The molecule has 2 fully saturated rings. The number of carbonyl (C=O) groups excluding carboxylic acids is 2. The quantitative estimate of drug-likeness (QED) is 0.728. The van der Waals surface area contributed by atoms with E-state index in [2.05, 4.69) is 25.5 Å². The Morgan fingerprint density at radius 3 is 3.04 bits per heavy atom. The van der Waals surface area contributed by atoms with Crippen molar-refractivity contribution in [2.45, 2.75) is 37.4 Å². The van der Waals surface area contributed by atoms with E-state index in [1.807, 2.05) is 24.3 Å². The molecule has 2 saturated heterocycles. The van der Waals surface area contributed by atoms with Crippen LogP contribution < -0.4 is 16.2 Å². The summed E-state index contributed by atoms with van der Waals surface area (Å²) in [5.74, 6) is -0.778. The second-order valence-corrected chi connectivity index (χ2v) is 7.66. The SMILES string of the molecule is O=C(NCc1cc(=O)[nH]cn1)[C@H]1C[C@H]2CCCN2[C@]12C(=O)Nc1ccccc12. The molecule has 8 heteroatoms. The number of hydrogen-bond donors (Lipinski definition) is 3. The summed E-state index contributed by atoms with van der Waals surface area (Å²) in [6, 6.07) is 9.24. The molecule has 4 heterocycles. The molecule has 1 aromatic heterocycles. The Kier molecular flexibility index (Phi) is 3.83. The molecule has 1 aromatic carbocycles. The first-order valence-electron chi connectivity index (χ1n) is 9.59. The first kappa shape index (κ1) is 17.1. The number of aromatic amines is 1. The summed E-state index contributed by atoms with van der Waals surface area (Å²) < 4.78 is 0. The molecule has 8 nitrogen and oxygen atoms in total. The smallest absolute Gasteiger partial charge is 0.250 e. The predicted octanol–water partition coefficient (Wildman–Crippen LogP) is 0.718. The fourth-order valence-corrected chi connectivity index (χ4v) is 5.19. The predicted molar refractivity (Wildman–Crippen MR) is 101 cm³/mol. The third-order valence-corrected chi connectivity index (χ3v) is 6.27. The van der Waals surface area contributed by atoms with Gasteiger partial charge in [-0.05, 0) is 31.9 Å². The maximum atomic E-state index is 13.2. The molecule has 0 unspecified atom stereocenters. The number of H-pyrrole nitrogens is 1. The molecule has 5 rings (SSSR count). The Balaban J connectivity index is 1.49. The number of benzene rings is 1. The highest BCUT2D eigenvalue weighted by Gasteiger charge is 2.65. The van der Waals surface area contributed by atoms with Gasteiger partial charge in [-0.15, -0.1) is 0 Å². The van der Waals surface area contributed by atoms with E-state index in [4.69, 9.17) is 0 Å². The van der Waals surface area contributed by atoms with E-state index in [1.54, 1.807) is 0 Å². The summed E-state index contributed by atoms with van der Waals surface area (Å²) in [7, 11) is 0. The maximum Gasteiger partial charge on any atom is 0.250 e. The van der Waals surface area contributed by atoms with Gasteiger partial charge in [0.15, 0.2) is 0 Å². The van der Waals surface area contributed by atoms with Crippen LogP contribution in [0.2, 0.25) is 0 Å². The van der Waals surface area contributed by atoms with Gasteiger partial charge >= 0.3 is 0 Å². The summed E-state index contributed by atoms with van der Waals surface area (Å²) >= 11 is 0. The Morgan fingerprint density at radius 1 is 1.32 bits per heavy atom. The molecule has 0 bridgehead atoms. The average molecular weight is 379 g/mol. The molecule has 0 aliphatic carbocycles.